The lowest BCUT2D eigenvalue weighted by Gasteiger charge is -2.28. The van der Waals surface area contributed by atoms with E-state index in [1.54, 1.807) is 12.1 Å². The lowest BCUT2D eigenvalue weighted by atomic mass is 9.85. The summed E-state index contributed by atoms with van der Waals surface area (Å²) in [7, 11) is 1.39. The van der Waals surface area contributed by atoms with Crippen LogP contribution in [0.1, 0.15) is 42.8 Å². The number of aromatic nitrogens is 3. The highest BCUT2D eigenvalue weighted by atomic mass is 19.2. The minimum atomic E-state index is -1.04. The number of anilines is 3. The molecule has 3 aromatic rings. The van der Waals surface area contributed by atoms with Gasteiger partial charge in [0.1, 0.15) is 6.10 Å². The molecule has 0 atom stereocenters. The molecule has 35 heavy (non-hydrogen) atoms. The highest BCUT2D eigenvalue weighted by molar-refractivity contribution is 6.00. The van der Waals surface area contributed by atoms with Crippen molar-refractivity contribution in [1.29, 1.82) is 0 Å². The van der Waals surface area contributed by atoms with Crippen molar-refractivity contribution in [2.24, 2.45) is 5.92 Å². The van der Waals surface area contributed by atoms with Gasteiger partial charge in [-0.15, -0.1) is 5.10 Å². The van der Waals surface area contributed by atoms with E-state index in [4.69, 9.17) is 13.9 Å². The summed E-state index contributed by atoms with van der Waals surface area (Å²) in [5, 5.41) is 12.5. The van der Waals surface area contributed by atoms with Gasteiger partial charge in [-0.3, -0.25) is 9.59 Å². The summed E-state index contributed by atoms with van der Waals surface area (Å²) in [5.41, 5.74) is 0.564. The fraction of sp³-hybridized carbons (Fsp3) is 0.348. The number of ether oxygens (including phenoxy) is 2. The molecular weight excluding hydrogens is 464 g/mol. The van der Waals surface area contributed by atoms with Gasteiger partial charge in [0.15, 0.2) is 11.6 Å². The first-order valence-corrected chi connectivity index (χ1v) is 11.0. The lowest BCUT2D eigenvalue weighted by Crippen LogP contribution is -2.25. The number of methoxy groups -OCH3 is 1. The van der Waals surface area contributed by atoms with E-state index in [0.717, 1.165) is 37.8 Å². The minimum absolute atomic E-state index is 0.00994. The van der Waals surface area contributed by atoms with Crippen LogP contribution in [0.15, 0.2) is 40.9 Å². The number of hydrogen-bond donors (Lipinski definition) is 2. The van der Waals surface area contributed by atoms with Gasteiger partial charge in [0, 0.05) is 24.2 Å². The van der Waals surface area contributed by atoms with Crippen molar-refractivity contribution in [3.05, 3.63) is 54.1 Å². The number of benzene rings is 1. The van der Waals surface area contributed by atoms with Crippen LogP contribution >= 0.6 is 0 Å². The van der Waals surface area contributed by atoms with E-state index >= 15 is 0 Å². The van der Waals surface area contributed by atoms with E-state index in [9.17, 15) is 18.4 Å². The first-order valence-electron chi connectivity index (χ1n) is 11.0. The summed E-state index contributed by atoms with van der Waals surface area (Å²) in [6, 6.07) is 6.25. The van der Waals surface area contributed by atoms with Crippen molar-refractivity contribution in [2.45, 2.75) is 38.2 Å². The highest BCUT2D eigenvalue weighted by Crippen LogP contribution is 2.29. The third kappa shape index (κ3) is 6.49. The summed E-state index contributed by atoms with van der Waals surface area (Å²) < 4.78 is 42.2. The van der Waals surface area contributed by atoms with Crippen molar-refractivity contribution in [2.75, 3.05) is 17.7 Å². The molecule has 1 aliphatic rings. The second kappa shape index (κ2) is 10.9. The number of carbonyl (C=O) groups excluding carboxylic acids is 2. The minimum Gasteiger partial charge on any atom is -0.474 e. The number of nitrogens with zero attached hydrogens (tertiary/aromatic N) is 3. The van der Waals surface area contributed by atoms with Crippen LogP contribution in [-0.4, -0.2) is 40.3 Å². The van der Waals surface area contributed by atoms with Crippen molar-refractivity contribution >= 4 is 29.3 Å². The van der Waals surface area contributed by atoms with Crippen molar-refractivity contribution in [1.82, 2.24) is 15.2 Å². The second-order valence-corrected chi connectivity index (χ2v) is 8.05. The predicted octanol–water partition coefficient (Wildman–Crippen LogP) is 4.24. The molecule has 2 aromatic heterocycles. The SMILES string of the molecule is COC(=O)C[C@H]1CC[C@@H](Oc2ccc(NC(=O)c3nnc(Nc4ccc(F)c(F)c4)o3)cn2)CC1. The number of hydrogen-bond acceptors (Lipinski definition) is 9. The molecule has 1 amide bonds. The number of carbonyl (C=O) groups is 2. The maximum absolute atomic E-state index is 13.3. The molecule has 184 valence electrons. The van der Waals surface area contributed by atoms with E-state index in [0.29, 0.717) is 23.9 Å². The topological polar surface area (TPSA) is 128 Å². The first-order chi connectivity index (χ1) is 16.9. The summed E-state index contributed by atoms with van der Waals surface area (Å²) >= 11 is 0. The molecule has 1 aliphatic carbocycles. The normalized spacial score (nSPS) is 17.5. The Labute approximate surface area is 199 Å². The van der Waals surface area contributed by atoms with Gasteiger partial charge in [-0.05, 0) is 49.8 Å². The molecule has 1 aromatic carbocycles. The molecule has 0 aliphatic heterocycles. The maximum atomic E-state index is 13.3. The summed E-state index contributed by atoms with van der Waals surface area (Å²) in [6.07, 6.45) is 5.27. The number of rotatable bonds is 8. The molecule has 12 heteroatoms. The second-order valence-electron chi connectivity index (χ2n) is 8.05. The molecule has 2 heterocycles. The first kappa shape index (κ1) is 24.0. The number of pyridine rings is 1. The molecule has 0 spiro atoms. The standard InChI is InChI=1S/C23H23F2N5O5/c1-33-20(31)10-13-2-6-16(7-3-13)34-19-9-5-15(12-26-19)27-21(32)22-29-30-23(35-22)28-14-4-8-17(24)18(25)11-14/h4-5,8-9,11-13,16H,2-3,6-7,10H2,1H3,(H,27,32)(H,28,30)/t13-,16+. The Hall–Kier alpha value is -4.09. The maximum Gasteiger partial charge on any atom is 0.320 e. The quantitative estimate of drug-likeness (QED) is 0.448. The molecule has 0 saturated heterocycles. The van der Waals surface area contributed by atoms with Crippen LogP contribution in [0.4, 0.5) is 26.2 Å². The third-order valence-electron chi connectivity index (χ3n) is 5.55. The smallest absolute Gasteiger partial charge is 0.320 e. The summed E-state index contributed by atoms with van der Waals surface area (Å²) in [6.45, 7) is 0. The van der Waals surface area contributed by atoms with Crippen molar-refractivity contribution < 1.29 is 32.3 Å². The van der Waals surface area contributed by atoms with Crippen LogP contribution in [0.5, 0.6) is 5.88 Å². The Kier molecular flexibility index (Phi) is 7.48. The van der Waals surface area contributed by atoms with Gasteiger partial charge in [0.05, 0.1) is 19.0 Å². The van der Waals surface area contributed by atoms with Gasteiger partial charge < -0.3 is 24.5 Å². The molecule has 1 fully saturated rings. The molecule has 10 nitrogen and oxygen atoms in total. The van der Waals surface area contributed by atoms with Crippen molar-refractivity contribution in [3.63, 3.8) is 0 Å². The van der Waals surface area contributed by atoms with E-state index in [1.807, 2.05) is 0 Å². The van der Waals surface area contributed by atoms with Crippen LogP contribution in [-0.2, 0) is 9.53 Å². The van der Waals surface area contributed by atoms with Crippen molar-refractivity contribution in [3.8, 4) is 5.88 Å². The molecular formula is C23H23F2N5O5. The zero-order chi connectivity index (χ0) is 24.8. The van der Waals surface area contributed by atoms with Gasteiger partial charge in [0.25, 0.3) is 0 Å². The largest absolute Gasteiger partial charge is 0.474 e. The average Bonchev–Trinajstić information content (AvgIpc) is 3.32. The highest BCUT2D eigenvalue weighted by Gasteiger charge is 2.25. The third-order valence-corrected chi connectivity index (χ3v) is 5.55. The van der Waals surface area contributed by atoms with Crippen LogP contribution in [0.3, 0.4) is 0 Å². The van der Waals surface area contributed by atoms with Crippen LogP contribution in [0.2, 0.25) is 0 Å². The molecule has 0 unspecified atom stereocenters. The fourth-order valence-electron chi connectivity index (χ4n) is 3.72. The Morgan fingerprint density at radius 1 is 1.06 bits per heavy atom. The van der Waals surface area contributed by atoms with Crippen LogP contribution < -0.4 is 15.4 Å². The van der Waals surface area contributed by atoms with E-state index in [1.165, 1.54) is 19.4 Å². The zero-order valence-corrected chi connectivity index (χ0v) is 18.8. The lowest BCUT2D eigenvalue weighted by molar-refractivity contribution is -0.142. The Balaban J connectivity index is 1.26. The Bertz CT molecular complexity index is 1180. The van der Waals surface area contributed by atoms with Gasteiger partial charge >= 0.3 is 23.8 Å². The zero-order valence-electron chi connectivity index (χ0n) is 18.8. The van der Waals surface area contributed by atoms with Gasteiger partial charge in [0.2, 0.25) is 5.88 Å². The van der Waals surface area contributed by atoms with Crippen LogP contribution in [0, 0.1) is 17.6 Å². The number of amides is 1. The molecule has 4 rings (SSSR count). The van der Waals surface area contributed by atoms with E-state index in [2.05, 4.69) is 25.8 Å². The Morgan fingerprint density at radius 3 is 2.51 bits per heavy atom. The molecule has 1 saturated carbocycles. The Morgan fingerprint density at radius 2 is 1.83 bits per heavy atom. The van der Waals surface area contributed by atoms with E-state index < -0.39 is 17.5 Å². The molecule has 0 radical (unpaired) electrons. The van der Waals surface area contributed by atoms with Crippen LogP contribution in [0.25, 0.3) is 0 Å². The summed E-state index contributed by atoms with van der Waals surface area (Å²) in [5.74, 6) is -2.49. The van der Waals surface area contributed by atoms with Gasteiger partial charge in [-0.2, -0.15) is 0 Å². The van der Waals surface area contributed by atoms with Gasteiger partial charge in [-0.25, -0.2) is 13.8 Å². The van der Waals surface area contributed by atoms with E-state index in [-0.39, 0.29) is 29.7 Å². The number of esters is 1. The number of nitrogens with one attached hydrogen (secondary N) is 2. The molecule has 2 N–H and O–H groups in total. The number of halogens is 2. The summed E-state index contributed by atoms with van der Waals surface area (Å²) in [4.78, 5) is 28.0. The average molecular weight is 487 g/mol. The fourth-order valence-corrected chi connectivity index (χ4v) is 3.72. The monoisotopic (exact) mass is 487 g/mol. The predicted molar refractivity (Wildman–Crippen MR) is 119 cm³/mol. The molecule has 0 bridgehead atoms. The van der Waals surface area contributed by atoms with Gasteiger partial charge in [-0.1, -0.05) is 5.10 Å².